The van der Waals surface area contributed by atoms with Crippen molar-refractivity contribution in [2.24, 2.45) is 0 Å². The summed E-state index contributed by atoms with van der Waals surface area (Å²) in [5, 5.41) is 3.64. The quantitative estimate of drug-likeness (QED) is 0.266. The Morgan fingerprint density at radius 1 is 0.960 bits per heavy atom. The molecule has 1 aromatic carbocycles. The van der Waals surface area contributed by atoms with Crippen LogP contribution in [0.15, 0.2) is 41.7 Å². The summed E-state index contributed by atoms with van der Waals surface area (Å²) in [5.74, 6) is -1.03. The third kappa shape index (κ3) is 6.23. The predicted molar refractivity (Wildman–Crippen MR) is 192 cm³/mol. The molecule has 11 nitrogen and oxygen atoms in total. The van der Waals surface area contributed by atoms with Crippen LogP contribution in [0.5, 0.6) is 0 Å². The number of carbonyl (C=O) groups is 1. The Bertz CT molecular complexity index is 1970. The predicted octanol–water partition coefficient (Wildman–Crippen LogP) is 5.09. The van der Waals surface area contributed by atoms with Gasteiger partial charge >= 0.3 is 5.69 Å². The second-order valence-corrected chi connectivity index (χ2v) is 13.9. The van der Waals surface area contributed by atoms with E-state index in [0.717, 1.165) is 26.2 Å². The third-order valence-corrected chi connectivity index (χ3v) is 9.62. The van der Waals surface area contributed by atoms with Crippen molar-refractivity contribution in [2.45, 2.75) is 72.4 Å². The molecule has 4 aromatic rings. The lowest BCUT2D eigenvalue weighted by atomic mass is 10.0. The van der Waals surface area contributed by atoms with Gasteiger partial charge in [0.2, 0.25) is 11.9 Å². The molecule has 2 aliphatic heterocycles. The number of halogens is 2. The molecule has 1 N–H and O–H groups in total. The zero-order valence-corrected chi connectivity index (χ0v) is 29.8. The maximum atomic E-state index is 16.3. The number of piperazine rings is 2. The smallest absolute Gasteiger partial charge is 0.349 e. The van der Waals surface area contributed by atoms with Crippen LogP contribution in [0.2, 0.25) is 0 Å². The molecular formula is C37H45F2N9O2. The van der Waals surface area contributed by atoms with Crippen LogP contribution in [0.4, 0.5) is 20.5 Å². The average molecular weight is 686 g/mol. The number of rotatable bonds is 7. The maximum absolute atomic E-state index is 16.3. The van der Waals surface area contributed by atoms with E-state index in [9.17, 15) is 9.59 Å². The molecule has 0 aliphatic carbocycles. The molecule has 3 aromatic heterocycles. The van der Waals surface area contributed by atoms with E-state index in [2.05, 4.69) is 21.8 Å². The number of aromatic nitrogens is 5. The van der Waals surface area contributed by atoms with Gasteiger partial charge in [-0.15, -0.1) is 0 Å². The molecular weight excluding hydrogens is 640 g/mol. The van der Waals surface area contributed by atoms with Crippen molar-refractivity contribution in [3.8, 4) is 16.9 Å². The molecule has 13 heteroatoms. The molecule has 0 unspecified atom stereocenters. The SMILES string of the molecule is C=CC(=O)N1C[C@H](C)N(c2nc(=O)n(-c3c(C(C)C)nc(N4CCNCC4)nc3C(C)C)c3nc(-c4c(C)cccc4F)c(F)cc23)C[C@H]1C. The average Bonchev–Trinajstić information content (AvgIpc) is 3.08. The second kappa shape index (κ2) is 13.9. The largest absolute Gasteiger partial charge is 0.355 e. The molecule has 0 saturated carbocycles. The summed E-state index contributed by atoms with van der Waals surface area (Å²) in [6.07, 6.45) is 1.29. The van der Waals surface area contributed by atoms with Gasteiger partial charge in [0.05, 0.1) is 22.5 Å². The van der Waals surface area contributed by atoms with Gasteiger partial charge in [0, 0.05) is 56.9 Å². The number of hydrogen-bond acceptors (Lipinski definition) is 9. The number of fused-ring (bicyclic) bond motifs is 1. The summed E-state index contributed by atoms with van der Waals surface area (Å²) >= 11 is 0. The van der Waals surface area contributed by atoms with E-state index in [-0.39, 0.29) is 57.9 Å². The fourth-order valence-electron chi connectivity index (χ4n) is 7.00. The summed E-state index contributed by atoms with van der Waals surface area (Å²) in [4.78, 5) is 52.5. The van der Waals surface area contributed by atoms with E-state index < -0.39 is 17.3 Å². The molecule has 1 amide bonds. The zero-order valence-electron chi connectivity index (χ0n) is 29.8. The Morgan fingerprint density at radius 2 is 1.62 bits per heavy atom. The van der Waals surface area contributed by atoms with Crippen LogP contribution in [0.3, 0.4) is 0 Å². The van der Waals surface area contributed by atoms with Crippen LogP contribution in [-0.2, 0) is 4.79 Å². The van der Waals surface area contributed by atoms with Crippen LogP contribution < -0.4 is 20.8 Å². The van der Waals surface area contributed by atoms with Gasteiger partial charge in [-0.25, -0.2) is 33.1 Å². The molecule has 0 radical (unpaired) electrons. The number of aryl methyl sites for hydroxylation is 1. The van der Waals surface area contributed by atoms with Gasteiger partial charge in [-0.1, -0.05) is 46.4 Å². The Hall–Kier alpha value is -4.78. The highest BCUT2D eigenvalue weighted by Crippen LogP contribution is 2.37. The van der Waals surface area contributed by atoms with Crippen LogP contribution in [0.1, 0.15) is 70.3 Å². The Labute approximate surface area is 291 Å². The zero-order chi connectivity index (χ0) is 36.0. The lowest BCUT2D eigenvalue weighted by Gasteiger charge is -2.44. The first-order chi connectivity index (χ1) is 23.8. The highest BCUT2D eigenvalue weighted by atomic mass is 19.1. The molecule has 6 rings (SSSR count). The van der Waals surface area contributed by atoms with Crippen molar-refractivity contribution in [2.75, 3.05) is 49.1 Å². The molecule has 5 heterocycles. The van der Waals surface area contributed by atoms with E-state index >= 15 is 8.78 Å². The van der Waals surface area contributed by atoms with Gasteiger partial charge < -0.3 is 20.0 Å². The lowest BCUT2D eigenvalue weighted by molar-refractivity contribution is -0.128. The number of nitrogens with one attached hydrogen (secondary N) is 1. The van der Waals surface area contributed by atoms with E-state index in [1.54, 1.807) is 24.0 Å². The molecule has 2 fully saturated rings. The van der Waals surface area contributed by atoms with Crippen molar-refractivity contribution >= 4 is 28.7 Å². The van der Waals surface area contributed by atoms with E-state index in [1.807, 2.05) is 46.4 Å². The van der Waals surface area contributed by atoms with Gasteiger partial charge in [0.25, 0.3) is 0 Å². The first kappa shape index (κ1) is 35.1. The molecule has 2 atom stereocenters. The topological polar surface area (TPSA) is 112 Å². The minimum absolute atomic E-state index is 0.0151. The molecule has 50 heavy (non-hydrogen) atoms. The number of hydrogen-bond donors (Lipinski definition) is 1. The van der Waals surface area contributed by atoms with Crippen LogP contribution >= 0.6 is 0 Å². The first-order valence-electron chi connectivity index (χ1n) is 17.3. The van der Waals surface area contributed by atoms with Gasteiger partial charge in [0.1, 0.15) is 23.1 Å². The molecule has 264 valence electrons. The van der Waals surface area contributed by atoms with Crippen LogP contribution in [0.25, 0.3) is 28.0 Å². The summed E-state index contributed by atoms with van der Waals surface area (Å²) in [7, 11) is 0. The third-order valence-electron chi connectivity index (χ3n) is 9.62. The van der Waals surface area contributed by atoms with Crippen molar-refractivity contribution < 1.29 is 13.6 Å². The Kier molecular flexibility index (Phi) is 9.71. The maximum Gasteiger partial charge on any atom is 0.355 e. The summed E-state index contributed by atoms with van der Waals surface area (Å²) in [6, 6.07) is 5.28. The van der Waals surface area contributed by atoms with E-state index in [1.165, 1.54) is 22.8 Å². The minimum atomic E-state index is -0.751. The number of anilines is 2. The minimum Gasteiger partial charge on any atom is -0.349 e. The first-order valence-corrected chi connectivity index (χ1v) is 17.3. The van der Waals surface area contributed by atoms with Gasteiger partial charge in [-0.2, -0.15) is 4.98 Å². The monoisotopic (exact) mass is 685 g/mol. The number of carbonyl (C=O) groups excluding carboxylic acids is 1. The lowest BCUT2D eigenvalue weighted by Crippen LogP contribution is -2.58. The molecule has 2 aliphatic rings. The fraction of sp³-hybridized carbons (Fsp3) is 0.459. The van der Waals surface area contributed by atoms with Gasteiger partial charge in [0.15, 0.2) is 5.65 Å². The van der Waals surface area contributed by atoms with Crippen molar-refractivity contribution in [1.29, 1.82) is 0 Å². The normalized spacial score (nSPS) is 18.4. The van der Waals surface area contributed by atoms with Crippen LogP contribution in [-0.4, -0.2) is 86.7 Å². The summed E-state index contributed by atoms with van der Waals surface area (Å²) in [5.41, 5.74) is 1.48. The Balaban J connectivity index is 1.67. The van der Waals surface area contributed by atoms with Crippen LogP contribution in [0, 0.1) is 18.6 Å². The molecule has 0 bridgehead atoms. The summed E-state index contributed by atoms with van der Waals surface area (Å²) < 4.78 is 33.1. The number of nitrogens with zero attached hydrogens (tertiary/aromatic N) is 8. The highest BCUT2D eigenvalue weighted by Gasteiger charge is 2.35. The van der Waals surface area contributed by atoms with Crippen molar-refractivity contribution in [1.82, 2.24) is 34.7 Å². The Morgan fingerprint density at radius 3 is 2.22 bits per heavy atom. The molecule has 2 saturated heterocycles. The van der Waals surface area contributed by atoms with E-state index in [4.69, 9.17) is 15.0 Å². The number of amides is 1. The highest BCUT2D eigenvalue weighted by molar-refractivity contribution is 5.91. The number of benzene rings is 1. The van der Waals surface area contributed by atoms with E-state index in [0.29, 0.717) is 41.7 Å². The second-order valence-electron chi connectivity index (χ2n) is 13.9. The number of pyridine rings is 1. The summed E-state index contributed by atoms with van der Waals surface area (Å²) in [6.45, 7) is 20.9. The molecule has 0 spiro atoms. The van der Waals surface area contributed by atoms with Crippen molar-refractivity contribution in [3.63, 3.8) is 0 Å². The fourth-order valence-corrected chi connectivity index (χ4v) is 7.00. The standard InChI is InChI=1S/C37H45F2N9O2/c1-9-28(49)46-18-24(8)47(19-23(46)7)34-25-17-27(39)32(29-22(6)11-10-12-26(29)38)41-35(25)48(37(50)44-34)33-30(20(2)3)42-36(43-31(33)21(4)5)45-15-13-40-14-16-45/h9-12,17,20-21,23-24,40H,1,13-16,18-19H2,2-8H3/t23-,24+/m1/s1. The van der Waals surface area contributed by atoms with Gasteiger partial charge in [-0.05, 0) is 56.4 Å². The van der Waals surface area contributed by atoms with Gasteiger partial charge in [-0.3, -0.25) is 4.79 Å². The van der Waals surface area contributed by atoms with Crippen molar-refractivity contribution in [3.05, 3.63) is 76.0 Å².